The number of likely N-dealkylation sites (N-methyl/N-ethyl adjacent to an activating group) is 1. The number of ether oxygens (including phenoxy) is 1. The third-order valence-electron chi connectivity index (χ3n) is 3.21. The number of carbonyl (C=O) groups is 1. The molecule has 0 aliphatic carbocycles. The molecule has 0 aromatic heterocycles. The standard InChI is InChI=1S/C13H18N2O5S/c1-15-7-6-10(8-15)14-21(18,19)12-4-2-11(3-5-12)20-9-13(16)17/h2-5,10,14H,6-9H2,1H3,(H,16,17). The van der Waals surface area contributed by atoms with E-state index in [0.717, 1.165) is 13.0 Å². The molecule has 8 heteroatoms. The Morgan fingerprint density at radius 2 is 2.10 bits per heavy atom. The number of hydrogen-bond acceptors (Lipinski definition) is 5. The second-order valence-corrected chi connectivity index (χ2v) is 6.74. The van der Waals surface area contributed by atoms with Crippen LogP contribution in [-0.4, -0.2) is 57.2 Å². The van der Waals surface area contributed by atoms with Gasteiger partial charge in [0.1, 0.15) is 5.75 Å². The Balaban J connectivity index is 2.01. The van der Waals surface area contributed by atoms with Gasteiger partial charge in [0.15, 0.2) is 6.61 Å². The Hall–Kier alpha value is -1.64. The van der Waals surface area contributed by atoms with Crippen molar-refractivity contribution in [2.45, 2.75) is 17.4 Å². The molecule has 0 spiro atoms. The Morgan fingerprint density at radius 3 is 2.62 bits per heavy atom. The number of benzene rings is 1. The van der Waals surface area contributed by atoms with Gasteiger partial charge in [0.25, 0.3) is 0 Å². The summed E-state index contributed by atoms with van der Waals surface area (Å²) < 4.78 is 32.0. The Labute approximate surface area is 123 Å². The van der Waals surface area contributed by atoms with Gasteiger partial charge in [0.05, 0.1) is 4.90 Å². The molecule has 116 valence electrons. The molecule has 1 aliphatic rings. The van der Waals surface area contributed by atoms with E-state index in [1.807, 2.05) is 7.05 Å². The highest BCUT2D eigenvalue weighted by molar-refractivity contribution is 7.89. The second kappa shape index (κ2) is 6.42. The number of carboxylic acids is 1. The van der Waals surface area contributed by atoms with Gasteiger partial charge in [0.2, 0.25) is 10.0 Å². The lowest BCUT2D eigenvalue weighted by Crippen LogP contribution is -2.36. The molecule has 1 heterocycles. The molecule has 1 saturated heterocycles. The zero-order chi connectivity index (χ0) is 15.5. The first-order chi connectivity index (χ1) is 9.87. The molecule has 1 aromatic rings. The number of likely N-dealkylation sites (tertiary alicyclic amines) is 1. The maximum atomic E-state index is 12.2. The topological polar surface area (TPSA) is 95.9 Å². The van der Waals surface area contributed by atoms with Gasteiger partial charge in [-0.1, -0.05) is 0 Å². The van der Waals surface area contributed by atoms with E-state index in [1.54, 1.807) is 0 Å². The number of nitrogens with zero attached hydrogens (tertiary/aromatic N) is 1. The van der Waals surface area contributed by atoms with Gasteiger partial charge in [-0.3, -0.25) is 0 Å². The van der Waals surface area contributed by atoms with Crippen molar-refractivity contribution in [3.05, 3.63) is 24.3 Å². The minimum absolute atomic E-state index is 0.0806. The zero-order valence-electron chi connectivity index (χ0n) is 11.7. The zero-order valence-corrected chi connectivity index (χ0v) is 12.5. The highest BCUT2D eigenvalue weighted by atomic mass is 32.2. The van der Waals surface area contributed by atoms with Crippen molar-refractivity contribution in [1.29, 1.82) is 0 Å². The SMILES string of the molecule is CN1CCC(NS(=O)(=O)c2ccc(OCC(=O)O)cc2)C1. The third kappa shape index (κ3) is 4.42. The summed E-state index contributed by atoms with van der Waals surface area (Å²) in [5.74, 6) is -0.768. The predicted octanol–water partition coefficient (Wildman–Crippen LogP) is 0.132. The summed E-state index contributed by atoms with van der Waals surface area (Å²) in [6, 6.07) is 5.61. The van der Waals surface area contributed by atoms with Crippen molar-refractivity contribution < 1.29 is 23.1 Å². The molecule has 1 aliphatic heterocycles. The van der Waals surface area contributed by atoms with Gasteiger partial charge in [-0.05, 0) is 44.3 Å². The van der Waals surface area contributed by atoms with Crippen LogP contribution in [-0.2, 0) is 14.8 Å². The van der Waals surface area contributed by atoms with E-state index >= 15 is 0 Å². The summed E-state index contributed by atoms with van der Waals surface area (Å²) in [6.45, 7) is 1.10. The fourth-order valence-electron chi connectivity index (χ4n) is 2.18. The first kappa shape index (κ1) is 15.7. The number of rotatable bonds is 6. The summed E-state index contributed by atoms with van der Waals surface area (Å²) in [6.07, 6.45) is 0.787. The van der Waals surface area contributed by atoms with Gasteiger partial charge >= 0.3 is 5.97 Å². The summed E-state index contributed by atoms with van der Waals surface area (Å²) in [5, 5.41) is 8.50. The summed E-state index contributed by atoms with van der Waals surface area (Å²) in [4.78, 5) is 12.6. The molecular weight excluding hydrogens is 296 g/mol. The van der Waals surface area contributed by atoms with Gasteiger partial charge in [-0.25, -0.2) is 17.9 Å². The van der Waals surface area contributed by atoms with Crippen molar-refractivity contribution in [2.24, 2.45) is 0 Å². The minimum Gasteiger partial charge on any atom is -0.482 e. The molecule has 2 rings (SSSR count). The molecule has 1 atom stereocenters. The van der Waals surface area contributed by atoms with Crippen molar-refractivity contribution in [3.8, 4) is 5.75 Å². The fourth-order valence-corrected chi connectivity index (χ4v) is 3.44. The van der Waals surface area contributed by atoms with E-state index in [1.165, 1.54) is 24.3 Å². The summed E-state index contributed by atoms with van der Waals surface area (Å²) >= 11 is 0. The van der Waals surface area contributed by atoms with Crippen LogP contribution in [0.25, 0.3) is 0 Å². The lowest BCUT2D eigenvalue weighted by molar-refractivity contribution is -0.139. The average molecular weight is 314 g/mol. The van der Waals surface area contributed by atoms with E-state index < -0.39 is 22.6 Å². The molecule has 2 N–H and O–H groups in total. The molecule has 1 unspecified atom stereocenters. The normalized spacial score (nSPS) is 19.6. The molecule has 0 amide bonds. The Bertz CT molecular complexity index is 599. The first-order valence-corrected chi connectivity index (χ1v) is 8.01. The van der Waals surface area contributed by atoms with E-state index in [0.29, 0.717) is 12.3 Å². The van der Waals surface area contributed by atoms with Crippen molar-refractivity contribution in [1.82, 2.24) is 9.62 Å². The highest BCUT2D eigenvalue weighted by Crippen LogP contribution is 2.17. The van der Waals surface area contributed by atoms with Crippen LogP contribution in [0.2, 0.25) is 0 Å². The maximum absolute atomic E-state index is 12.2. The minimum atomic E-state index is -3.56. The van der Waals surface area contributed by atoms with Gasteiger partial charge < -0.3 is 14.7 Å². The smallest absolute Gasteiger partial charge is 0.341 e. The van der Waals surface area contributed by atoms with E-state index in [9.17, 15) is 13.2 Å². The molecule has 0 radical (unpaired) electrons. The van der Waals surface area contributed by atoms with Crippen molar-refractivity contribution >= 4 is 16.0 Å². The fraction of sp³-hybridized carbons (Fsp3) is 0.462. The van der Waals surface area contributed by atoms with Crippen LogP contribution in [0, 0.1) is 0 Å². The summed E-state index contributed by atoms with van der Waals surface area (Å²) in [7, 11) is -1.62. The summed E-state index contributed by atoms with van der Waals surface area (Å²) in [5.41, 5.74) is 0. The van der Waals surface area contributed by atoms with Crippen LogP contribution in [0.3, 0.4) is 0 Å². The van der Waals surface area contributed by atoms with E-state index in [-0.39, 0.29) is 10.9 Å². The molecule has 0 saturated carbocycles. The maximum Gasteiger partial charge on any atom is 0.341 e. The van der Waals surface area contributed by atoms with Crippen LogP contribution in [0.4, 0.5) is 0 Å². The number of nitrogens with one attached hydrogen (secondary N) is 1. The molecule has 7 nitrogen and oxygen atoms in total. The molecule has 1 fully saturated rings. The van der Waals surface area contributed by atoms with E-state index in [2.05, 4.69) is 9.62 Å². The van der Waals surface area contributed by atoms with Crippen LogP contribution < -0.4 is 9.46 Å². The lowest BCUT2D eigenvalue weighted by atomic mass is 10.3. The number of carboxylic acid groups (broad SMARTS) is 1. The monoisotopic (exact) mass is 314 g/mol. The second-order valence-electron chi connectivity index (χ2n) is 5.02. The van der Waals surface area contributed by atoms with Crippen LogP contribution in [0.1, 0.15) is 6.42 Å². The molecule has 1 aromatic carbocycles. The average Bonchev–Trinajstić information content (AvgIpc) is 2.81. The van der Waals surface area contributed by atoms with Crippen molar-refractivity contribution in [3.63, 3.8) is 0 Å². The quantitative estimate of drug-likeness (QED) is 0.775. The van der Waals surface area contributed by atoms with Gasteiger partial charge in [0, 0.05) is 12.6 Å². The van der Waals surface area contributed by atoms with Gasteiger partial charge in [-0.15, -0.1) is 0 Å². The lowest BCUT2D eigenvalue weighted by Gasteiger charge is -2.13. The molecule has 21 heavy (non-hydrogen) atoms. The Morgan fingerprint density at radius 1 is 1.43 bits per heavy atom. The highest BCUT2D eigenvalue weighted by Gasteiger charge is 2.25. The van der Waals surface area contributed by atoms with Crippen LogP contribution in [0.15, 0.2) is 29.2 Å². The van der Waals surface area contributed by atoms with Crippen LogP contribution >= 0.6 is 0 Å². The number of aliphatic carboxylic acids is 1. The molecular formula is C13H18N2O5S. The number of sulfonamides is 1. The third-order valence-corrected chi connectivity index (χ3v) is 4.75. The molecule has 0 bridgehead atoms. The van der Waals surface area contributed by atoms with Crippen LogP contribution in [0.5, 0.6) is 5.75 Å². The largest absolute Gasteiger partial charge is 0.482 e. The van der Waals surface area contributed by atoms with Gasteiger partial charge in [-0.2, -0.15) is 0 Å². The predicted molar refractivity (Wildman–Crippen MR) is 75.8 cm³/mol. The van der Waals surface area contributed by atoms with E-state index in [4.69, 9.17) is 9.84 Å². The number of hydrogen-bond donors (Lipinski definition) is 2. The Kier molecular flexibility index (Phi) is 4.81. The van der Waals surface area contributed by atoms with Crippen molar-refractivity contribution in [2.75, 3.05) is 26.7 Å². The first-order valence-electron chi connectivity index (χ1n) is 6.52.